The number of aryl methyl sites for hydroxylation is 2. The minimum absolute atomic E-state index is 0.191. The number of pyridine rings is 1. The predicted molar refractivity (Wildman–Crippen MR) is 149 cm³/mol. The van der Waals surface area contributed by atoms with Crippen LogP contribution < -0.4 is 10.5 Å². The van der Waals surface area contributed by atoms with Gasteiger partial charge in [0.15, 0.2) is 5.82 Å². The van der Waals surface area contributed by atoms with E-state index in [-0.39, 0.29) is 17.2 Å². The second-order valence-electron chi connectivity index (χ2n) is 10.2. The van der Waals surface area contributed by atoms with E-state index in [0.717, 1.165) is 33.3 Å². The van der Waals surface area contributed by atoms with E-state index in [9.17, 15) is 13.6 Å². The molecule has 0 radical (unpaired) electrons. The Labute approximate surface area is 229 Å². The number of hydrogen-bond donors (Lipinski definition) is 1. The molecule has 5 aromatic rings. The van der Waals surface area contributed by atoms with E-state index in [4.69, 9.17) is 0 Å². The molecule has 0 aliphatic carbocycles. The molecule has 0 spiro atoms. The third-order valence-electron chi connectivity index (χ3n) is 7.80. The van der Waals surface area contributed by atoms with E-state index in [0.29, 0.717) is 44.1 Å². The van der Waals surface area contributed by atoms with Crippen molar-refractivity contribution >= 4 is 16.6 Å². The van der Waals surface area contributed by atoms with Gasteiger partial charge in [-0.05, 0) is 88.8 Å². The minimum atomic E-state index is -0.513. The van der Waals surface area contributed by atoms with Crippen molar-refractivity contribution < 1.29 is 8.78 Å². The number of benzene rings is 3. The molecule has 0 unspecified atom stereocenters. The number of H-pyrrole nitrogens is 1. The Balaban J connectivity index is 1.39. The molecule has 1 saturated heterocycles. The van der Waals surface area contributed by atoms with Gasteiger partial charge in [-0.25, -0.2) is 13.5 Å². The molecule has 204 valence electrons. The molecular formula is C30H29F2N7O. The van der Waals surface area contributed by atoms with Crippen LogP contribution in [0, 0.1) is 25.5 Å². The van der Waals surface area contributed by atoms with Crippen LogP contribution in [-0.4, -0.2) is 56.3 Å². The molecule has 6 rings (SSSR count). The second kappa shape index (κ2) is 10.6. The monoisotopic (exact) mass is 541 g/mol. The number of nitrogens with zero attached hydrogens (tertiary/aromatic N) is 6. The molecule has 10 heteroatoms. The van der Waals surface area contributed by atoms with Crippen molar-refractivity contribution in [2.45, 2.75) is 26.4 Å². The molecule has 3 heterocycles. The quantitative estimate of drug-likeness (QED) is 0.344. The molecule has 1 N–H and O–H groups in total. The predicted octanol–water partition coefficient (Wildman–Crippen LogP) is 4.37. The Morgan fingerprint density at radius 3 is 2.27 bits per heavy atom. The first-order chi connectivity index (χ1) is 19.4. The molecule has 1 aliphatic rings. The van der Waals surface area contributed by atoms with Crippen LogP contribution in [0.2, 0.25) is 0 Å². The molecule has 40 heavy (non-hydrogen) atoms. The van der Waals surface area contributed by atoms with Crippen molar-refractivity contribution in [1.82, 2.24) is 30.1 Å². The lowest BCUT2D eigenvalue weighted by atomic mass is 9.99. The fraction of sp³-hybridized carbons (Fsp3) is 0.267. The summed E-state index contributed by atoms with van der Waals surface area (Å²) in [6, 6.07) is 18.2. The van der Waals surface area contributed by atoms with E-state index in [1.54, 1.807) is 28.9 Å². The van der Waals surface area contributed by atoms with Crippen molar-refractivity contribution in [2.75, 3.05) is 31.1 Å². The highest BCUT2D eigenvalue weighted by molar-refractivity contribution is 5.83. The summed E-state index contributed by atoms with van der Waals surface area (Å²) in [5, 5.41) is 13.5. The smallest absolute Gasteiger partial charge is 0.253 e. The molecular weight excluding hydrogens is 512 g/mol. The number of rotatable bonds is 6. The molecule has 0 saturated carbocycles. The maximum Gasteiger partial charge on any atom is 0.253 e. The highest BCUT2D eigenvalue weighted by Crippen LogP contribution is 2.30. The van der Waals surface area contributed by atoms with Gasteiger partial charge >= 0.3 is 0 Å². The van der Waals surface area contributed by atoms with E-state index < -0.39 is 6.04 Å². The Kier molecular flexibility index (Phi) is 6.85. The van der Waals surface area contributed by atoms with Crippen LogP contribution in [0.5, 0.6) is 0 Å². The lowest BCUT2D eigenvalue weighted by molar-refractivity contribution is 0.200. The number of halogens is 2. The van der Waals surface area contributed by atoms with Gasteiger partial charge in [-0.2, -0.15) is 0 Å². The van der Waals surface area contributed by atoms with Crippen LogP contribution in [0.3, 0.4) is 0 Å². The second-order valence-corrected chi connectivity index (χ2v) is 10.2. The summed E-state index contributed by atoms with van der Waals surface area (Å²) in [4.78, 5) is 21.2. The van der Waals surface area contributed by atoms with E-state index in [1.807, 2.05) is 26.0 Å². The van der Waals surface area contributed by atoms with Crippen LogP contribution in [0.15, 0.2) is 71.5 Å². The number of fused-ring (bicyclic) bond motifs is 1. The van der Waals surface area contributed by atoms with Gasteiger partial charge < -0.3 is 9.88 Å². The zero-order valence-corrected chi connectivity index (χ0v) is 22.3. The normalized spacial score (nSPS) is 15.1. The number of piperazine rings is 1. The number of tetrazole rings is 1. The highest BCUT2D eigenvalue weighted by Gasteiger charge is 2.33. The summed E-state index contributed by atoms with van der Waals surface area (Å²) in [7, 11) is 0. The number of hydrogen-bond acceptors (Lipinski definition) is 6. The lowest BCUT2D eigenvalue weighted by Gasteiger charge is -2.39. The summed E-state index contributed by atoms with van der Waals surface area (Å²) in [5.41, 5.74) is 5.12. The number of anilines is 1. The molecule has 1 aliphatic heterocycles. The zero-order valence-electron chi connectivity index (χ0n) is 22.3. The van der Waals surface area contributed by atoms with Gasteiger partial charge in [-0.1, -0.05) is 24.3 Å². The molecule has 8 nitrogen and oxygen atoms in total. The maximum atomic E-state index is 13.7. The van der Waals surface area contributed by atoms with E-state index in [2.05, 4.69) is 36.4 Å². The SMILES string of the molecule is Cc1ccc2cc([C@@H](c3nnnn3Cc3ccc(F)cc3)N3CCN(c4ccc(F)cc4)CC3)c(=O)[nH]c2c1C. The van der Waals surface area contributed by atoms with E-state index >= 15 is 0 Å². The first-order valence-electron chi connectivity index (χ1n) is 13.3. The van der Waals surface area contributed by atoms with Crippen molar-refractivity contribution in [3.8, 4) is 0 Å². The summed E-state index contributed by atoms with van der Waals surface area (Å²) < 4.78 is 28.7. The lowest BCUT2D eigenvalue weighted by Crippen LogP contribution is -2.49. The molecule has 3 aromatic carbocycles. The third kappa shape index (κ3) is 4.98. The third-order valence-corrected chi connectivity index (χ3v) is 7.80. The van der Waals surface area contributed by atoms with Crippen LogP contribution in [-0.2, 0) is 6.54 Å². The van der Waals surface area contributed by atoms with Crippen LogP contribution in [0.1, 0.15) is 34.1 Å². The average molecular weight is 542 g/mol. The Hall–Kier alpha value is -4.44. The molecule has 0 bridgehead atoms. The van der Waals surface area contributed by atoms with Gasteiger partial charge in [0.1, 0.15) is 17.7 Å². The van der Waals surface area contributed by atoms with E-state index in [1.165, 1.54) is 24.3 Å². The van der Waals surface area contributed by atoms with Crippen molar-refractivity contribution in [2.24, 2.45) is 0 Å². The van der Waals surface area contributed by atoms with Crippen molar-refractivity contribution in [1.29, 1.82) is 0 Å². The Morgan fingerprint density at radius 1 is 0.900 bits per heavy atom. The fourth-order valence-electron chi connectivity index (χ4n) is 5.42. The summed E-state index contributed by atoms with van der Waals surface area (Å²) in [6.07, 6.45) is 0. The number of nitrogens with one attached hydrogen (secondary N) is 1. The van der Waals surface area contributed by atoms with Gasteiger partial charge in [0.25, 0.3) is 5.56 Å². The minimum Gasteiger partial charge on any atom is -0.369 e. The Morgan fingerprint density at radius 2 is 1.57 bits per heavy atom. The number of aromatic amines is 1. The molecule has 1 fully saturated rings. The van der Waals surface area contributed by atoms with Gasteiger partial charge in [0, 0.05) is 37.4 Å². The first kappa shape index (κ1) is 25.8. The molecule has 1 atom stereocenters. The first-order valence-corrected chi connectivity index (χ1v) is 13.3. The average Bonchev–Trinajstić information content (AvgIpc) is 3.41. The maximum absolute atomic E-state index is 13.7. The number of aromatic nitrogens is 5. The molecule has 0 amide bonds. The molecule has 2 aromatic heterocycles. The topological polar surface area (TPSA) is 82.9 Å². The zero-order chi connectivity index (χ0) is 27.8. The van der Waals surface area contributed by atoms with Crippen LogP contribution >= 0.6 is 0 Å². The van der Waals surface area contributed by atoms with Gasteiger partial charge in [-0.15, -0.1) is 5.10 Å². The fourth-order valence-corrected chi connectivity index (χ4v) is 5.42. The summed E-state index contributed by atoms with van der Waals surface area (Å²) >= 11 is 0. The standard InChI is InChI=1S/C30H29F2N7O/c1-19-3-6-22-17-26(30(40)33-27(22)20(19)2)28(29-34-35-36-39(29)18-21-4-7-23(31)8-5-21)38-15-13-37(14-16-38)25-11-9-24(32)10-12-25/h3-12,17,28H,13-16,18H2,1-2H3,(H,33,40)/t28-/m0/s1. The Bertz CT molecular complexity index is 1710. The van der Waals surface area contributed by atoms with Gasteiger partial charge in [-0.3, -0.25) is 9.69 Å². The van der Waals surface area contributed by atoms with Gasteiger partial charge in [0.05, 0.1) is 12.1 Å². The van der Waals surface area contributed by atoms with Crippen molar-refractivity contribution in [3.63, 3.8) is 0 Å². The summed E-state index contributed by atoms with van der Waals surface area (Å²) in [5.74, 6) is -0.0459. The summed E-state index contributed by atoms with van der Waals surface area (Å²) in [6.45, 7) is 7.00. The largest absolute Gasteiger partial charge is 0.369 e. The van der Waals surface area contributed by atoms with Crippen molar-refractivity contribution in [3.05, 3.63) is 117 Å². The van der Waals surface area contributed by atoms with Crippen LogP contribution in [0.25, 0.3) is 10.9 Å². The van der Waals surface area contributed by atoms with Gasteiger partial charge in [0.2, 0.25) is 0 Å². The van der Waals surface area contributed by atoms with Crippen LogP contribution in [0.4, 0.5) is 14.5 Å². The highest BCUT2D eigenvalue weighted by atomic mass is 19.1.